The van der Waals surface area contributed by atoms with Crippen molar-refractivity contribution in [1.82, 2.24) is 0 Å². The largest absolute Gasteiger partial charge is 0.360 e. The van der Waals surface area contributed by atoms with Crippen molar-refractivity contribution in [2.75, 3.05) is 23.3 Å². The van der Waals surface area contributed by atoms with Gasteiger partial charge in [-0.3, -0.25) is 9.59 Å². The van der Waals surface area contributed by atoms with Crippen LogP contribution in [0.2, 0.25) is 0 Å². The predicted octanol–water partition coefficient (Wildman–Crippen LogP) is 2.19. The molecule has 4 nitrogen and oxygen atoms in total. The van der Waals surface area contributed by atoms with Crippen molar-refractivity contribution in [1.29, 1.82) is 0 Å². The number of amides is 1. The minimum absolute atomic E-state index is 0.0385. The third-order valence-electron chi connectivity index (χ3n) is 2.64. The zero-order chi connectivity index (χ0) is 12.4. The summed E-state index contributed by atoms with van der Waals surface area (Å²) in [7, 11) is 0. The molecule has 0 fully saturated rings. The number of anilines is 2. The summed E-state index contributed by atoms with van der Waals surface area (Å²) in [6.45, 7) is 2.44. The van der Waals surface area contributed by atoms with Crippen LogP contribution in [0.15, 0.2) is 22.7 Å². The van der Waals surface area contributed by atoms with E-state index in [9.17, 15) is 9.59 Å². The fourth-order valence-electron chi connectivity index (χ4n) is 1.81. The molecule has 0 saturated carbocycles. The topological polar surface area (TPSA) is 49.4 Å². The SMILES string of the molecule is CC(=O)CCN1CC(=O)Nc2ccc(Br)cc21. The van der Waals surface area contributed by atoms with Crippen molar-refractivity contribution >= 4 is 39.0 Å². The normalized spacial score (nSPS) is 14.2. The van der Waals surface area contributed by atoms with E-state index < -0.39 is 0 Å². The van der Waals surface area contributed by atoms with Gasteiger partial charge in [-0.05, 0) is 25.1 Å². The van der Waals surface area contributed by atoms with Crippen molar-refractivity contribution in [3.05, 3.63) is 22.7 Å². The summed E-state index contributed by atoms with van der Waals surface area (Å²) in [5.74, 6) is 0.0934. The molecule has 1 aromatic rings. The van der Waals surface area contributed by atoms with Gasteiger partial charge in [-0.25, -0.2) is 0 Å². The van der Waals surface area contributed by atoms with Gasteiger partial charge in [-0.1, -0.05) is 15.9 Å². The van der Waals surface area contributed by atoms with Gasteiger partial charge in [0.15, 0.2) is 0 Å². The van der Waals surface area contributed by atoms with Gasteiger partial charge in [-0.2, -0.15) is 0 Å². The Hall–Kier alpha value is -1.36. The van der Waals surface area contributed by atoms with E-state index in [0.717, 1.165) is 15.8 Å². The summed E-state index contributed by atoms with van der Waals surface area (Å²) in [5.41, 5.74) is 1.76. The Kier molecular flexibility index (Phi) is 3.47. The molecular weight excluding hydrogens is 284 g/mol. The fraction of sp³-hybridized carbons (Fsp3) is 0.333. The van der Waals surface area contributed by atoms with Gasteiger partial charge in [0.1, 0.15) is 5.78 Å². The summed E-state index contributed by atoms with van der Waals surface area (Å²) in [4.78, 5) is 24.5. The number of carbonyl (C=O) groups is 2. The van der Waals surface area contributed by atoms with Gasteiger partial charge in [0.2, 0.25) is 5.91 Å². The highest BCUT2D eigenvalue weighted by molar-refractivity contribution is 9.10. The van der Waals surface area contributed by atoms with Gasteiger partial charge in [0.25, 0.3) is 0 Å². The molecule has 0 spiro atoms. The maximum absolute atomic E-state index is 11.5. The number of nitrogens with one attached hydrogen (secondary N) is 1. The molecule has 0 bridgehead atoms. The first-order valence-corrected chi connectivity index (χ1v) is 6.19. The van der Waals surface area contributed by atoms with Crippen molar-refractivity contribution in [2.24, 2.45) is 0 Å². The second-order valence-electron chi connectivity index (χ2n) is 4.08. The number of halogens is 1. The average molecular weight is 297 g/mol. The number of nitrogens with zero attached hydrogens (tertiary/aromatic N) is 1. The maximum atomic E-state index is 11.5. The van der Waals surface area contributed by atoms with E-state index in [4.69, 9.17) is 0 Å². The number of fused-ring (bicyclic) bond motifs is 1. The van der Waals surface area contributed by atoms with Crippen LogP contribution in [0.5, 0.6) is 0 Å². The lowest BCUT2D eigenvalue weighted by Gasteiger charge is -2.30. The van der Waals surface area contributed by atoms with E-state index in [1.54, 1.807) is 6.92 Å². The van der Waals surface area contributed by atoms with Gasteiger partial charge in [0.05, 0.1) is 17.9 Å². The van der Waals surface area contributed by atoms with Gasteiger partial charge >= 0.3 is 0 Å². The number of benzene rings is 1. The standard InChI is InChI=1S/C12H13BrN2O2/c1-8(16)4-5-15-7-12(17)14-10-3-2-9(13)6-11(10)15/h2-3,6H,4-5,7H2,1H3,(H,14,17). The lowest BCUT2D eigenvalue weighted by molar-refractivity contribution is -0.117. The van der Waals surface area contributed by atoms with Crippen molar-refractivity contribution in [3.8, 4) is 0 Å². The van der Waals surface area contributed by atoms with E-state index >= 15 is 0 Å². The number of hydrogen-bond donors (Lipinski definition) is 1. The molecule has 0 radical (unpaired) electrons. The number of ketones is 1. The summed E-state index contributed by atoms with van der Waals surface area (Å²) < 4.78 is 0.959. The molecule has 1 aliphatic heterocycles. The molecule has 1 N–H and O–H groups in total. The first-order chi connectivity index (χ1) is 8.06. The molecule has 1 amide bonds. The summed E-state index contributed by atoms with van der Waals surface area (Å²) in [6, 6.07) is 5.69. The van der Waals surface area contributed by atoms with Crippen molar-refractivity contribution in [3.63, 3.8) is 0 Å². The highest BCUT2D eigenvalue weighted by Crippen LogP contribution is 2.32. The minimum atomic E-state index is -0.0385. The molecule has 1 heterocycles. The Labute approximate surface area is 108 Å². The van der Waals surface area contributed by atoms with Crippen LogP contribution < -0.4 is 10.2 Å². The third kappa shape index (κ3) is 2.85. The van der Waals surface area contributed by atoms with Crippen LogP contribution in [0, 0.1) is 0 Å². The number of hydrogen-bond acceptors (Lipinski definition) is 3. The molecule has 0 unspecified atom stereocenters. The molecule has 2 rings (SSSR count). The molecular formula is C12H13BrN2O2. The van der Waals surface area contributed by atoms with E-state index in [-0.39, 0.29) is 11.7 Å². The molecule has 1 aliphatic rings. The van der Waals surface area contributed by atoms with Crippen LogP contribution >= 0.6 is 15.9 Å². The summed E-state index contributed by atoms with van der Waals surface area (Å²) in [6.07, 6.45) is 0.458. The Morgan fingerprint density at radius 2 is 2.29 bits per heavy atom. The van der Waals surface area contributed by atoms with Gasteiger partial charge < -0.3 is 10.2 Å². The van der Waals surface area contributed by atoms with Crippen LogP contribution in [0.1, 0.15) is 13.3 Å². The Bertz CT molecular complexity index is 474. The highest BCUT2D eigenvalue weighted by atomic mass is 79.9. The highest BCUT2D eigenvalue weighted by Gasteiger charge is 2.21. The number of carbonyl (C=O) groups excluding carboxylic acids is 2. The van der Waals surface area contributed by atoms with E-state index in [0.29, 0.717) is 19.5 Å². The second kappa shape index (κ2) is 4.87. The molecule has 0 atom stereocenters. The average Bonchev–Trinajstić information content (AvgIpc) is 2.26. The molecule has 1 aromatic carbocycles. The summed E-state index contributed by atoms with van der Waals surface area (Å²) >= 11 is 3.41. The molecule has 0 aromatic heterocycles. The lowest BCUT2D eigenvalue weighted by atomic mass is 10.1. The minimum Gasteiger partial charge on any atom is -0.360 e. The van der Waals surface area contributed by atoms with E-state index in [1.807, 2.05) is 23.1 Å². The zero-order valence-electron chi connectivity index (χ0n) is 9.50. The van der Waals surface area contributed by atoms with Crippen molar-refractivity contribution < 1.29 is 9.59 Å². The molecule has 5 heteroatoms. The third-order valence-corrected chi connectivity index (χ3v) is 3.14. The number of rotatable bonds is 3. The Morgan fingerprint density at radius 3 is 3.00 bits per heavy atom. The zero-order valence-corrected chi connectivity index (χ0v) is 11.1. The van der Waals surface area contributed by atoms with Crippen LogP contribution in [0.4, 0.5) is 11.4 Å². The Balaban J connectivity index is 2.26. The molecule has 17 heavy (non-hydrogen) atoms. The monoisotopic (exact) mass is 296 g/mol. The predicted molar refractivity (Wildman–Crippen MR) is 70.3 cm³/mol. The first-order valence-electron chi connectivity index (χ1n) is 5.40. The second-order valence-corrected chi connectivity index (χ2v) is 5.00. The summed E-state index contributed by atoms with van der Waals surface area (Å²) in [5, 5.41) is 2.82. The first kappa shape index (κ1) is 12.1. The smallest absolute Gasteiger partial charge is 0.243 e. The van der Waals surface area contributed by atoms with Crippen LogP contribution in [0.3, 0.4) is 0 Å². The molecule has 90 valence electrons. The van der Waals surface area contributed by atoms with Crippen LogP contribution in [0.25, 0.3) is 0 Å². The number of Topliss-reactive ketones (excluding diaryl/α,β-unsaturated/α-hetero) is 1. The molecule has 0 aliphatic carbocycles. The maximum Gasteiger partial charge on any atom is 0.243 e. The van der Waals surface area contributed by atoms with Crippen LogP contribution in [-0.4, -0.2) is 24.8 Å². The lowest BCUT2D eigenvalue weighted by Crippen LogP contribution is -2.39. The quantitative estimate of drug-likeness (QED) is 0.930. The van der Waals surface area contributed by atoms with Gasteiger partial charge in [-0.15, -0.1) is 0 Å². The van der Waals surface area contributed by atoms with Crippen molar-refractivity contribution in [2.45, 2.75) is 13.3 Å². The van der Waals surface area contributed by atoms with Gasteiger partial charge in [0, 0.05) is 17.4 Å². The van der Waals surface area contributed by atoms with E-state index in [1.165, 1.54) is 0 Å². The Morgan fingerprint density at radius 1 is 1.53 bits per heavy atom. The fourth-order valence-corrected chi connectivity index (χ4v) is 2.16. The van der Waals surface area contributed by atoms with E-state index in [2.05, 4.69) is 21.2 Å². The molecule has 0 saturated heterocycles. The van der Waals surface area contributed by atoms with Crippen LogP contribution in [-0.2, 0) is 9.59 Å².